The molecule has 56 valence electrons. The Morgan fingerprint density at radius 2 is 2.00 bits per heavy atom. The zero-order chi connectivity index (χ0) is 7.33. The highest BCUT2D eigenvalue weighted by Gasteiger charge is 2.12. The van der Waals surface area contributed by atoms with Crippen molar-refractivity contribution >= 4 is 19.7 Å². The Bertz CT molecular complexity index is 110. The van der Waals surface area contributed by atoms with E-state index in [2.05, 4.69) is 8.81 Å². The van der Waals surface area contributed by atoms with Crippen LogP contribution in [-0.4, -0.2) is 23.0 Å². The van der Waals surface area contributed by atoms with E-state index in [0.29, 0.717) is 0 Å². The fourth-order valence-corrected chi connectivity index (χ4v) is 0.563. The van der Waals surface area contributed by atoms with Crippen LogP contribution in [0.5, 0.6) is 0 Å². The van der Waals surface area contributed by atoms with E-state index in [1.807, 2.05) is 0 Å². The van der Waals surface area contributed by atoms with Crippen LogP contribution in [-0.2, 0) is 13.4 Å². The smallest absolute Gasteiger partial charge is 0.303 e. The summed E-state index contributed by atoms with van der Waals surface area (Å²) in [6.45, 7) is -0.263. The molecule has 0 aliphatic carbocycles. The average Bonchev–Trinajstić information content (AvgIpc) is 1.63. The second kappa shape index (κ2) is 4.22. The van der Waals surface area contributed by atoms with E-state index < -0.39 is 7.82 Å². The van der Waals surface area contributed by atoms with Gasteiger partial charge >= 0.3 is 7.82 Å². The van der Waals surface area contributed by atoms with Crippen LogP contribution in [0.1, 0.15) is 0 Å². The fraction of sp³-hybridized carbons (Fsp3) is 1.00. The molecule has 0 saturated heterocycles. The molecule has 0 radical (unpaired) electrons. The fourth-order valence-electron chi connectivity index (χ4n) is 0.188. The maximum Gasteiger partial charge on any atom is 0.469 e. The molecule has 0 aromatic heterocycles. The molecule has 0 heterocycles. The molecule has 0 aromatic rings. The summed E-state index contributed by atoms with van der Waals surface area (Å²) in [5.74, 6) is 0. The molecule has 7 heteroatoms. The SMILES string of the molecule is O=P(O)(O)OCCOCl. The van der Waals surface area contributed by atoms with Crippen LogP contribution < -0.4 is 0 Å². The highest BCUT2D eigenvalue weighted by Crippen LogP contribution is 2.35. The van der Waals surface area contributed by atoms with E-state index in [-0.39, 0.29) is 13.2 Å². The van der Waals surface area contributed by atoms with Gasteiger partial charge in [-0.1, -0.05) is 0 Å². The van der Waals surface area contributed by atoms with Crippen molar-refractivity contribution in [3.63, 3.8) is 0 Å². The van der Waals surface area contributed by atoms with Gasteiger partial charge in [0.25, 0.3) is 0 Å². The van der Waals surface area contributed by atoms with Gasteiger partial charge in [-0.05, 0) is 0 Å². The van der Waals surface area contributed by atoms with Crippen molar-refractivity contribution in [2.24, 2.45) is 0 Å². The molecule has 0 bridgehead atoms. The third kappa shape index (κ3) is 8.36. The molecular formula is C2H6ClO5P. The molecule has 0 spiro atoms. The molecule has 5 nitrogen and oxygen atoms in total. The number of rotatable bonds is 4. The van der Waals surface area contributed by atoms with Gasteiger partial charge in [0.1, 0.15) is 0 Å². The molecule has 0 aliphatic heterocycles. The van der Waals surface area contributed by atoms with Crippen LogP contribution in [0.2, 0.25) is 0 Å². The number of phosphoric acid groups is 1. The van der Waals surface area contributed by atoms with Crippen LogP contribution in [0.15, 0.2) is 0 Å². The van der Waals surface area contributed by atoms with Gasteiger partial charge in [0.05, 0.1) is 25.1 Å². The topological polar surface area (TPSA) is 76.0 Å². The van der Waals surface area contributed by atoms with Crippen molar-refractivity contribution < 1.29 is 23.2 Å². The summed E-state index contributed by atoms with van der Waals surface area (Å²) in [5.41, 5.74) is 0. The van der Waals surface area contributed by atoms with Crippen LogP contribution in [0.3, 0.4) is 0 Å². The van der Waals surface area contributed by atoms with Crippen LogP contribution >= 0.6 is 19.7 Å². The highest BCUT2D eigenvalue weighted by molar-refractivity contribution is 7.46. The molecule has 0 rings (SSSR count). The first-order valence-electron chi connectivity index (χ1n) is 2.00. The van der Waals surface area contributed by atoms with E-state index in [9.17, 15) is 4.57 Å². The summed E-state index contributed by atoms with van der Waals surface area (Å²) in [6, 6.07) is 0. The first-order chi connectivity index (χ1) is 4.06. The Balaban J connectivity index is 3.18. The quantitative estimate of drug-likeness (QED) is 0.475. The predicted molar refractivity (Wildman–Crippen MR) is 29.8 cm³/mol. The van der Waals surface area contributed by atoms with Gasteiger partial charge in [0.15, 0.2) is 0 Å². The minimum Gasteiger partial charge on any atom is -0.303 e. The van der Waals surface area contributed by atoms with Crippen molar-refractivity contribution in [2.45, 2.75) is 0 Å². The summed E-state index contributed by atoms with van der Waals surface area (Å²) in [7, 11) is -4.33. The second-order valence-corrected chi connectivity index (χ2v) is 2.59. The lowest BCUT2D eigenvalue weighted by Gasteiger charge is -2.01. The van der Waals surface area contributed by atoms with Crippen molar-refractivity contribution in [2.75, 3.05) is 13.2 Å². The van der Waals surface area contributed by atoms with Crippen molar-refractivity contribution in [1.29, 1.82) is 0 Å². The minimum atomic E-state index is -4.33. The van der Waals surface area contributed by atoms with E-state index in [1.54, 1.807) is 0 Å². The molecule has 0 fully saturated rings. The number of halogens is 1. The number of phosphoric ester groups is 1. The van der Waals surface area contributed by atoms with Crippen LogP contribution in [0, 0.1) is 0 Å². The lowest BCUT2D eigenvalue weighted by Crippen LogP contribution is -1.97. The lowest BCUT2D eigenvalue weighted by molar-refractivity contribution is 0.165. The molecule has 0 aliphatic rings. The van der Waals surface area contributed by atoms with Crippen LogP contribution in [0.25, 0.3) is 0 Å². The number of hydrogen-bond donors (Lipinski definition) is 2. The molecule has 2 N–H and O–H groups in total. The zero-order valence-corrected chi connectivity index (χ0v) is 6.01. The van der Waals surface area contributed by atoms with Crippen molar-refractivity contribution in [1.82, 2.24) is 0 Å². The van der Waals surface area contributed by atoms with Gasteiger partial charge < -0.3 is 9.79 Å². The van der Waals surface area contributed by atoms with Gasteiger partial charge in [-0.25, -0.2) is 4.57 Å². The van der Waals surface area contributed by atoms with Gasteiger partial charge in [0.2, 0.25) is 0 Å². The normalized spacial score (nSPS) is 11.9. The molecule has 9 heavy (non-hydrogen) atoms. The monoisotopic (exact) mass is 176 g/mol. The van der Waals surface area contributed by atoms with E-state index in [4.69, 9.17) is 21.7 Å². The maximum absolute atomic E-state index is 9.88. The first kappa shape index (κ1) is 9.36. The predicted octanol–water partition coefficient (Wildman–Crippen LogP) is 0.266. The Labute approximate surface area is 56.9 Å². The van der Waals surface area contributed by atoms with Gasteiger partial charge in [-0.2, -0.15) is 0 Å². The largest absolute Gasteiger partial charge is 0.469 e. The van der Waals surface area contributed by atoms with Crippen molar-refractivity contribution in [3.05, 3.63) is 0 Å². The Kier molecular flexibility index (Phi) is 4.39. The zero-order valence-electron chi connectivity index (χ0n) is 4.36. The molecular weight excluding hydrogens is 170 g/mol. The Hall–Kier alpha value is 0.360. The third-order valence-corrected chi connectivity index (χ3v) is 1.09. The maximum atomic E-state index is 9.88. The van der Waals surface area contributed by atoms with Gasteiger partial charge in [0, 0.05) is 0 Å². The molecule has 0 aromatic carbocycles. The van der Waals surface area contributed by atoms with Crippen molar-refractivity contribution in [3.8, 4) is 0 Å². The summed E-state index contributed by atoms with van der Waals surface area (Å²) in [4.78, 5) is 16.1. The van der Waals surface area contributed by atoms with E-state index in [0.717, 1.165) is 0 Å². The third-order valence-electron chi connectivity index (χ3n) is 0.420. The lowest BCUT2D eigenvalue weighted by atomic mass is 10.8. The molecule has 0 atom stereocenters. The molecule has 0 unspecified atom stereocenters. The van der Waals surface area contributed by atoms with Crippen LogP contribution in [0.4, 0.5) is 0 Å². The number of hydrogen-bond acceptors (Lipinski definition) is 3. The Morgan fingerprint density at radius 1 is 1.44 bits per heavy atom. The first-order valence-corrected chi connectivity index (χ1v) is 3.84. The second-order valence-electron chi connectivity index (χ2n) is 1.14. The van der Waals surface area contributed by atoms with Gasteiger partial charge in [-0.15, -0.1) is 0 Å². The molecule has 0 amide bonds. The average molecular weight is 176 g/mol. The highest BCUT2D eigenvalue weighted by atomic mass is 35.5. The summed E-state index contributed by atoms with van der Waals surface area (Å²) in [5, 5.41) is 0. The Morgan fingerprint density at radius 3 is 2.33 bits per heavy atom. The van der Waals surface area contributed by atoms with E-state index >= 15 is 0 Å². The van der Waals surface area contributed by atoms with Gasteiger partial charge in [-0.3, -0.25) is 8.81 Å². The molecule has 0 saturated carbocycles. The summed E-state index contributed by atoms with van der Waals surface area (Å²) < 4.78 is 17.7. The standard InChI is InChI=1S/C2H6ClO5P/c3-7-1-2-8-9(4,5)6/h1-2H2,(H2,4,5,6). The van der Waals surface area contributed by atoms with E-state index in [1.165, 1.54) is 0 Å². The minimum absolute atomic E-state index is 0.0489. The summed E-state index contributed by atoms with van der Waals surface area (Å²) >= 11 is 4.70. The summed E-state index contributed by atoms with van der Waals surface area (Å²) in [6.07, 6.45) is 0.